The number of hydrogen-bond donors (Lipinski definition) is 0. The van der Waals surface area contributed by atoms with Crippen LogP contribution >= 0.6 is 0 Å². The largest absolute Gasteiger partial charge is 0.457 e. The van der Waals surface area contributed by atoms with Gasteiger partial charge in [-0.05, 0) is 125 Å². The number of hydrogen-bond acceptors (Lipinski definition) is 3. The summed E-state index contributed by atoms with van der Waals surface area (Å²) >= 11 is 0. The van der Waals surface area contributed by atoms with Crippen LogP contribution in [0.15, 0.2) is 146 Å². The normalized spacial score (nSPS) is 14.9. The lowest BCUT2D eigenvalue weighted by molar-refractivity contribution is 0.483. The average molecular weight is 808 g/mol. The van der Waals surface area contributed by atoms with Crippen molar-refractivity contribution in [3.63, 3.8) is 0 Å². The molecule has 0 saturated carbocycles. The number of nitrogens with zero attached hydrogens (tertiary/aromatic N) is 4. The Bertz CT molecular complexity index is 3420. The summed E-state index contributed by atoms with van der Waals surface area (Å²) in [5.74, 6) is 1.91. The molecule has 3 heterocycles. The Morgan fingerprint density at radius 1 is 0.557 bits per heavy atom. The van der Waals surface area contributed by atoms with Gasteiger partial charge in [-0.25, -0.2) is 9.97 Å². The SMILES string of the molecule is [2H]C([2H])([2H])c1cc(C(C)(C)C)cc(C)c1-c1cc(-n2c3ccccc3c3ccc(Oc4cccc(-c5nccn5-c5c(C([2H])([2H])[2H])cc(C(C)(C)C)cc5C([2H])([2H])[2H])c4)cc32)ncc1-c1ccccc1. The van der Waals surface area contributed by atoms with Gasteiger partial charge in [0.1, 0.15) is 23.1 Å². The Morgan fingerprint density at radius 3 is 1.92 bits per heavy atom. The Balaban J connectivity index is 1.18. The Kier molecular flexibility index (Phi) is 7.50. The number of aromatic nitrogens is 4. The smallest absolute Gasteiger partial charge is 0.144 e. The summed E-state index contributed by atoms with van der Waals surface area (Å²) in [7, 11) is 0. The van der Waals surface area contributed by atoms with E-state index < -0.39 is 26.0 Å². The minimum Gasteiger partial charge on any atom is -0.457 e. The number of fused-ring (bicyclic) bond motifs is 3. The molecule has 9 aromatic rings. The van der Waals surface area contributed by atoms with Crippen molar-refractivity contribution in [1.82, 2.24) is 19.1 Å². The molecule has 5 heteroatoms. The van der Waals surface area contributed by atoms with Crippen molar-refractivity contribution in [3.8, 4) is 56.6 Å². The molecule has 0 bridgehead atoms. The van der Waals surface area contributed by atoms with Crippen molar-refractivity contribution in [2.45, 2.75) is 79.9 Å². The lowest BCUT2D eigenvalue weighted by atomic mass is 9.82. The summed E-state index contributed by atoms with van der Waals surface area (Å²) in [5, 5.41) is 1.95. The number of rotatable bonds is 7. The summed E-state index contributed by atoms with van der Waals surface area (Å²) in [6.45, 7) is 6.32. The van der Waals surface area contributed by atoms with E-state index in [4.69, 9.17) is 22.1 Å². The van der Waals surface area contributed by atoms with Crippen molar-refractivity contribution in [1.29, 1.82) is 0 Å². The van der Waals surface area contributed by atoms with Crippen molar-refractivity contribution < 1.29 is 17.1 Å². The third-order valence-corrected chi connectivity index (χ3v) is 11.5. The van der Waals surface area contributed by atoms with Gasteiger partial charge in [-0.3, -0.25) is 9.13 Å². The molecular weight excluding hydrogens is 745 g/mol. The first kappa shape index (κ1) is 30.3. The number of benzene rings is 6. The maximum Gasteiger partial charge on any atom is 0.144 e. The molecule has 0 saturated heterocycles. The number of imidazole rings is 1. The monoisotopic (exact) mass is 807 g/mol. The van der Waals surface area contributed by atoms with Crippen LogP contribution in [0.1, 0.15) is 87.3 Å². The molecule has 0 fully saturated rings. The summed E-state index contributed by atoms with van der Waals surface area (Å²) in [6.07, 6.45) is 4.94. The van der Waals surface area contributed by atoms with Crippen molar-refractivity contribution in [2.24, 2.45) is 0 Å². The van der Waals surface area contributed by atoms with Crippen LogP contribution in [0.3, 0.4) is 0 Å². The van der Waals surface area contributed by atoms with E-state index in [0.717, 1.165) is 49.6 Å². The molecule has 0 aliphatic carbocycles. The first-order valence-corrected chi connectivity index (χ1v) is 20.6. The Hall–Kier alpha value is -6.72. The number of ether oxygens (including phenoxy) is 1. The highest BCUT2D eigenvalue weighted by atomic mass is 16.5. The summed E-state index contributed by atoms with van der Waals surface area (Å²) < 4.78 is 87.9. The maximum atomic E-state index is 8.80. The van der Waals surface area contributed by atoms with E-state index in [1.165, 1.54) is 6.20 Å². The molecule has 0 atom stereocenters. The lowest BCUT2D eigenvalue weighted by Gasteiger charge is -2.23. The number of aryl methyl sites for hydroxylation is 4. The molecule has 0 aliphatic rings. The molecule has 0 unspecified atom stereocenters. The number of para-hydroxylation sites is 1. The van der Waals surface area contributed by atoms with E-state index in [1.807, 2.05) is 125 Å². The minimum atomic E-state index is -2.64. The molecular formula is C56H54N4O. The van der Waals surface area contributed by atoms with Gasteiger partial charge in [-0.2, -0.15) is 0 Å². The zero-order chi connectivity index (χ0) is 50.3. The third kappa shape index (κ3) is 7.33. The second-order valence-corrected chi connectivity index (χ2v) is 17.9. The summed E-state index contributed by atoms with van der Waals surface area (Å²) in [5.41, 5.74) is 7.14. The van der Waals surface area contributed by atoms with E-state index in [0.29, 0.717) is 39.8 Å². The quantitative estimate of drug-likeness (QED) is 0.161. The molecule has 0 radical (unpaired) electrons. The van der Waals surface area contributed by atoms with E-state index >= 15 is 0 Å². The molecule has 61 heavy (non-hydrogen) atoms. The van der Waals surface area contributed by atoms with Crippen LogP contribution in [0.25, 0.3) is 67.0 Å². The van der Waals surface area contributed by atoms with Gasteiger partial charge in [-0.15, -0.1) is 0 Å². The van der Waals surface area contributed by atoms with Gasteiger partial charge < -0.3 is 4.74 Å². The van der Waals surface area contributed by atoms with E-state index in [1.54, 1.807) is 35.0 Å². The van der Waals surface area contributed by atoms with E-state index in [9.17, 15) is 0 Å². The van der Waals surface area contributed by atoms with Gasteiger partial charge in [0, 0.05) is 58.9 Å². The highest BCUT2D eigenvalue weighted by Gasteiger charge is 2.23. The van der Waals surface area contributed by atoms with E-state index in [-0.39, 0.29) is 27.8 Å². The van der Waals surface area contributed by atoms with Gasteiger partial charge in [0.2, 0.25) is 0 Å². The zero-order valence-corrected chi connectivity index (χ0v) is 35.6. The van der Waals surface area contributed by atoms with Gasteiger partial charge >= 0.3 is 0 Å². The molecule has 0 amide bonds. The standard InChI is InChI=1S/C56H54N4O/c1-35-27-41(55(5,6)7)28-36(2)52(35)47-33-51(58-34-48(47)39-17-12-11-13-18-39)60-49-22-15-14-21-45(49)46-24-23-44(32-50(46)60)61-43-20-16-19-40(31-43)54-57-25-26-59(54)53-37(3)29-42(30-38(53)4)56(8,9)10/h11-34H,1-10H3/i1D3,3D3,4D3. The van der Waals surface area contributed by atoms with Gasteiger partial charge in [0.15, 0.2) is 0 Å². The fourth-order valence-corrected chi connectivity index (χ4v) is 8.32. The van der Waals surface area contributed by atoms with Crippen LogP contribution in [0.4, 0.5) is 0 Å². The Morgan fingerprint density at radius 2 is 1.20 bits per heavy atom. The van der Waals surface area contributed by atoms with Crippen LogP contribution in [0.2, 0.25) is 0 Å². The van der Waals surface area contributed by atoms with Crippen LogP contribution in [0.5, 0.6) is 11.5 Å². The molecule has 6 aromatic carbocycles. The highest BCUT2D eigenvalue weighted by Crippen LogP contribution is 2.41. The fraction of sp³-hybridized carbons (Fsp3) is 0.214. The van der Waals surface area contributed by atoms with Gasteiger partial charge in [0.25, 0.3) is 0 Å². The molecule has 3 aromatic heterocycles. The van der Waals surface area contributed by atoms with Crippen LogP contribution in [0, 0.1) is 27.5 Å². The highest BCUT2D eigenvalue weighted by molar-refractivity contribution is 6.09. The fourth-order valence-electron chi connectivity index (χ4n) is 8.32. The second-order valence-electron chi connectivity index (χ2n) is 17.9. The lowest BCUT2D eigenvalue weighted by Crippen LogP contribution is -2.13. The minimum absolute atomic E-state index is 0.0466. The second kappa shape index (κ2) is 15.1. The predicted octanol–water partition coefficient (Wildman–Crippen LogP) is 15.0. The number of pyridine rings is 1. The van der Waals surface area contributed by atoms with Crippen molar-refractivity contribution >= 4 is 21.8 Å². The predicted molar refractivity (Wildman–Crippen MR) is 255 cm³/mol. The van der Waals surface area contributed by atoms with Crippen LogP contribution in [-0.2, 0) is 10.8 Å². The first-order valence-electron chi connectivity index (χ1n) is 25.1. The molecule has 0 N–H and O–H groups in total. The zero-order valence-electron chi connectivity index (χ0n) is 44.6. The third-order valence-electron chi connectivity index (χ3n) is 11.5. The molecule has 304 valence electrons. The average Bonchev–Trinajstić information content (AvgIpc) is 3.90. The Labute approximate surface area is 373 Å². The molecule has 0 spiro atoms. The molecule has 5 nitrogen and oxygen atoms in total. The van der Waals surface area contributed by atoms with Gasteiger partial charge in [-0.1, -0.05) is 126 Å². The van der Waals surface area contributed by atoms with Crippen molar-refractivity contribution in [3.05, 3.63) is 179 Å². The van der Waals surface area contributed by atoms with Crippen LogP contribution < -0.4 is 4.74 Å². The first-order chi connectivity index (χ1) is 32.8. The van der Waals surface area contributed by atoms with Gasteiger partial charge in [0.05, 0.1) is 16.7 Å². The van der Waals surface area contributed by atoms with E-state index in [2.05, 4.69) is 42.5 Å². The molecule has 0 aliphatic heterocycles. The van der Waals surface area contributed by atoms with Crippen LogP contribution in [-0.4, -0.2) is 19.1 Å². The maximum absolute atomic E-state index is 8.80. The summed E-state index contributed by atoms with van der Waals surface area (Å²) in [4.78, 5) is 9.74. The van der Waals surface area contributed by atoms with Crippen molar-refractivity contribution in [2.75, 3.05) is 0 Å². The molecule has 9 rings (SSSR count). The topological polar surface area (TPSA) is 44.9 Å². The summed E-state index contributed by atoms with van der Waals surface area (Å²) in [6, 6.07) is 40.1.